The van der Waals surface area contributed by atoms with Gasteiger partial charge in [0.05, 0.1) is 6.61 Å². The van der Waals surface area contributed by atoms with Crippen LogP contribution < -0.4 is 26.6 Å². The van der Waals surface area contributed by atoms with Crippen molar-refractivity contribution < 1.29 is 46.7 Å². The van der Waals surface area contributed by atoms with Gasteiger partial charge in [0.1, 0.15) is 27.7 Å². The van der Waals surface area contributed by atoms with Gasteiger partial charge in [-0.2, -0.15) is 13.2 Å². The van der Waals surface area contributed by atoms with Crippen LogP contribution in [0.25, 0.3) is 0 Å². The van der Waals surface area contributed by atoms with Crippen LogP contribution in [0.5, 0.6) is 0 Å². The summed E-state index contributed by atoms with van der Waals surface area (Å²) in [6.45, 7) is 22.4. The number of unbranched alkanes of at least 4 members (excludes halogenated alkanes) is 1. The van der Waals surface area contributed by atoms with Gasteiger partial charge in [-0.15, -0.1) is 0 Å². The SMILES string of the molecule is CCCC[C@](CC)(NC(=O)C(CC)(CC)NC(=O)[C@](CC)(CCC)NC(=O)[C@](CC)(CC(C)C)NC(=O)[C@@](CC)(NC(=O)C(F)(F)F)C(C)C)C(=O)OCC. The van der Waals surface area contributed by atoms with Gasteiger partial charge < -0.3 is 31.3 Å². The molecular weight excluding hydrogens is 719 g/mol. The van der Waals surface area contributed by atoms with E-state index in [0.717, 1.165) is 6.42 Å². The molecular formula is C40H72F3N5O7. The first-order chi connectivity index (χ1) is 25.5. The number of hydrogen-bond acceptors (Lipinski definition) is 7. The highest BCUT2D eigenvalue weighted by molar-refractivity contribution is 6.01. The number of amides is 5. The molecule has 0 aromatic rings. The molecule has 5 N–H and O–H groups in total. The molecule has 0 saturated carbocycles. The van der Waals surface area contributed by atoms with Crippen LogP contribution in [-0.2, 0) is 33.5 Å². The highest BCUT2D eigenvalue weighted by Crippen LogP contribution is 2.31. The van der Waals surface area contributed by atoms with Crippen molar-refractivity contribution in [2.45, 2.75) is 201 Å². The summed E-state index contributed by atoms with van der Waals surface area (Å²) in [5.41, 5.74) is -8.11. The minimum Gasteiger partial charge on any atom is -0.464 e. The second-order valence-corrected chi connectivity index (χ2v) is 15.5. The first-order valence-corrected chi connectivity index (χ1v) is 20.3. The number of nitrogens with one attached hydrogen (secondary N) is 5. The molecule has 0 aliphatic heterocycles. The fraction of sp³-hybridized carbons (Fsp3) is 0.850. The Morgan fingerprint density at radius 1 is 0.509 bits per heavy atom. The monoisotopic (exact) mass is 792 g/mol. The maximum absolute atomic E-state index is 14.7. The number of ether oxygens (including phenoxy) is 1. The molecule has 0 saturated heterocycles. The van der Waals surface area contributed by atoms with Crippen molar-refractivity contribution in [2.24, 2.45) is 11.8 Å². The van der Waals surface area contributed by atoms with Crippen molar-refractivity contribution in [3.8, 4) is 0 Å². The standard InChI is InChI=1S/C40H72F3N5O7/c1-14-23-25-37(19-6,34(54)55-22-9)46-29(49)35(16-3,17-4)44-30(50)36(18-5,24-15-2)45-31(51)38(20-7,26-27(10)11)47-32(52)39(21-8,28(12)13)48-33(53)40(41,42)43/h27-28H,14-26H2,1-13H3,(H,44,50)(H,45,51)(H,46,49)(H,47,52)(H,48,53)/t36-,37-,38-,39-/m0/s1. The summed E-state index contributed by atoms with van der Waals surface area (Å²) in [7, 11) is 0. The molecule has 0 aliphatic rings. The number of carbonyl (C=O) groups is 6. The molecule has 0 heterocycles. The lowest BCUT2D eigenvalue weighted by atomic mass is 9.78. The second-order valence-electron chi connectivity index (χ2n) is 15.5. The van der Waals surface area contributed by atoms with Gasteiger partial charge in [-0.25, -0.2) is 4.79 Å². The lowest BCUT2D eigenvalue weighted by Gasteiger charge is -2.44. The van der Waals surface area contributed by atoms with Crippen LogP contribution in [0.1, 0.15) is 167 Å². The van der Waals surface area contributed by atoms with Crippen molar-refractivity contribution in [2.75, 3.05) is 6.61 Å². The summed E-state index contributed by atoms with van der Waals surface area (Å²) >= 11 is 0. The van der Waals surface area contributed by atoms with Gasteiger partial charge in [0.25, 0.3) is 0 Å². The molecule has 4 atom stereocenters. The van der Waals surface area contributed by atoms with Crippen LogP contribution in [0.4, 0.5) is 13.2 Å². The number of carbonyl (C=O) groups excluding carboxylic acids is 6. The molecule has 0 aliphatic carbocycles. The van der Waals surface area contributed by atoms with Crippen molar-refractivity contribution in [1.82, 2.24) is 26.6 Å². The molecule has 0 bridgehead atoms. The van der Waals surface area contributed by atoms with Gasteiger partial charge in [0.2, 0.25) is 23.6 Å². The minimum atomic E-state index is -5.25. The lowest BCUT2D eigenvalue weighted by Crippen LogP contribution is -2.72. The largest absolute Gasteiger partial charge is 0.471 e. The smallest absolute Gasteiger partial charge is 0.464 e. The summed E-state index contributed by atoms with van der Waals surface area (Å²) in [5, 5.41) is 13.5. The number of alkyl halides is 3. The van der Waals surface area contributed by atoms with E-state index in [1.807, 2.05) is 33.0 Å². The Labute approximate surface area is 327 Å². The van der Waals surface area contributed by atoms with Crippen molar-refractivity contribution in [3.63, 3.8) is 0 Å². The van der Waals surface area contributed by atoms with Crippen LogP contribution in [-0.4, -0.2) is 76.0 Å². The highest BCUT2D eigenvalue weighted by atomic mass is 19.4. The van der Waals surface area contributed by atoms with Gasteiger partial charge in [-0.3, -0.25) is 24.0 Å². The van der Waals surface area contributed by atoms with Crippen LogP contribution >= 0.6 is 0 Å². The van der Waals surface area contributed by atoms with Crippen molar-refractivity contribution in [1.29, 1.82) is 0 Å². The molecule has 0 unspecified atom stereocenters. The molecule has 5 amide bonds. The summed E-state index contributed by atoms with van der Waals surface area (Å²) in [6.07, 6.45) is -2.42. The Morgan fingerprint density at radius 2 is 0.945 bits per heavy atom. The average Bonchev–Trinajstić information content (AvgIpc) is 3.12. The molecule has 0 radical (unpaired) electrons. The summed E-state index contributed by atoms with van der Waals surface area (Å²) in [5.74, 6) is -6.73. The predicted molar refractivity (Wildman–Crippen MR) is 208 cm³/mol. The second kappa shape index (κ2) is 21.8. The molecule has 320 valence electrons. The maximum atomic E-state index is 14.7. The first-order valence-electron chi connectivity index (χ1n) is 20.3. The van der Waals surface area contributed by atoms with E-state index >= 15 is 0 Å². The van der Waals surface area contributed by atoms with E-state index in [1.54, 1.807) is 41.5 Å². The van der Waals surface area contributed by atoms with Crippen LogP contribution in [0.3, 0.4) is 0 Å². The molecule has 0 aromatic carbocycles. The number of esters is 1. The van der Waals surface area contributed by atoms with E-state index in [-0.39, 0.29) is 63.9 Å². The van der Waals surface area contributed by atoms with Gasteiger partial charge in [-0.1, -0.05) is 102 Å². The quantitative estimate of drug-likeness (QED) is 0.0654. The third kappa shape index (κ3) is 12.3. The zero-order valence-electron chi connectivity index (χ0n) is 35.8. The Morgan fingerprint density at radius 3 is 1.33 bits per heavy atom. The van der Waals surface area contributed by atoms with Crippen molar-refractivity contribution in [3.05, 3.63) is 0 Å². The Bertz CT molecular complexity index is 1310. The van der Waals surface area contributed by atoms with Crippen LogP contribution in [0.2, 0.25) is 0 Å². The normalized spacial score (nSPS) is 16.5. The number of rotatable bonds is 25. The van der Waals surface area contributed by atoms with E-state index in [1.165, 1.54) is 20.8 Å². The first kappa shape index (κ1) is 51.6. The summed E-state index contributed by atoms with van der Waals surface area (Å²) in [6, 6.07) is 0. The van der Waals surface area contributed by atoms with E-state index < -0.39 is 75.3 Å². The third-order valence-electron chi connectivity index (χ3n) is 11.3. The minimum absolute atomic E-state index is 0.00236. The van der Waals surface area contributed by atoms with Gasteiger partial charge >= 0.3 is 18.1 Å². The van der Waals surface area contributed by atoms with Gasteiger partial charge in [0.15, 0.2) is 0 Å². The molecule has 12 nitrogen and oxygen atoms in total. The Hall–Kier alpha value is -3.39. The number of halogens is 3. The Kier molecular flexibility index (Phi) is 20.4. The predicted octanol–water partition coefficient (Wildman–Crippen LogP) is 6.54. The molecule has 15 heteroatoms. The maximum Gasteiger partial charge on any atom is 0.471 e. The molecule has 0 fully saturated rings. The average molecular weight is 792 g/mol. The van der Waals surface area contributed by atoms with Crippen LogP contribution in [0.15, 0.2) is 0 Å². The van der Waals surface area contributed by atoms with Gasteiger partial charge in [-0.05, 0) is 76.5 Å². The molecule has 0 aromatic heterocycles. The van der Waals surface area contributed by atoms with E-state index in [9.17, 15) is 41.9 Å². The van der Waals surface area contributed by atoms with Gasteiger partial charge in [0, 0.05) is 0 Å². The van der Waals surface area contributed by atoms with E-state index in [0.29, 0.717) is 19.3 Å². The summed E-state index contributed by atoms with van der Waals surface area (Å²) in [4.78, 5) is 83.3. The molecule has 0 rings (SSSR count). The zero-order valence-corrected chi connectivity index (χ0v) is 35.8. The molecule has 0 spiro atoms. The Balaban J connectivity index is 7.18. The number of hydrogen-bond donors (Lipinski definition) is 5. The topological polar surface area (TPSA) is 172 Å². The van der Waals surface area contributed by atoms with Crippen LogP contribution in [0, 0.1) is 11.8 Å². The third-order valence-corrected chi connectivity index (χ3v) is 11.3. The zero-order chi connectivity index (χ0) is 43.1. The molecule has 55 heavy (non-hydrogen) atoms. The van der Waals surface area contributed by atoms with Crippen molar-refractivity contribution >= 4 is 35.5 Å². The highest BCUT2D eigenvalue weighted by Gasteiger charge is 2.53. The lowest BCUT2D eigenvalue weighted by molar-refractivity contribution is -0.177. The van der Waals surface area contributed by atoms with E-state index in [2.05, 4.69) is 21.3 Å². The fourth-order valence-electron chi connectivity index (χ4n) is 7.29. The summed E-state index contributed by atoms with van der Waals surface area (Å²) < 4.78 is 45.8. The fourth-order valence-corrected chi connectivity index (χ4v) is 7.29. The van der Waals surface area contributed by atoms with E-state index in [4.69, 9.17) is 4.74 Å².